The van der Waals surface area contributed by atoms with Gasteiger partial charge in [0, 0.05) is 5.56 Å². The lowest BCUT2D eigenvalue weighted by Crippen LogP contribution is -2.25. The Hall–Kier alpha value is -2.81. The smallest absolute Gasteiger partial charge is 0.345 e. The van der Waals surface area contributed by atoms with Gasteiger partial charge >= 0.3 is 6.18 Å². The summed E-state index contributed by atoms with van der Waals surface area (Å²) < 4.78 is 51.1. The molecule has 1 N–H and O–H groups in total. The maximum Gasteiger partial charge on any atom is 0.416 e. The molecule has 0 saturated heterocycles. The third-order valence-electron chi connectivity index (χ3n) is 3.11. The Labute approximate surface area is 136 Å². The minimum absolute atomic E-state index is 0.0382. The maximum atomic E-state index is 13.4. The van der Waals surface area contributed by atoms with Crippen molar-refractivity contribution in [2.24, 2.45) is 0 Å². The van der Waals surface area contributed by atoms with Crippen LogP contribution in [0.5, 0.6) is 0 Å². The summed E-state index contributed by atoms with van der Waals surface area (Å²) in [6.07, 6.45) is -4.55. The van der Waals surface area contributed by atoms with Crippen LogP contribution in [0.25, 0.3) is 0 Å². The van der Waals surface area contributed by atoms with Crippen molar-refractivity contribution in [1.29, 1.82) is 0 Å². The number of carbonyl (C=O) groups excluding carboxylic acids is 1. The molecule has 0 aliphatic rings. The number of halogens is 4. The molecule has 0 aliphatic heterocycles. The van der Waals surface area contributed by atoms with Crippen molar-refractivity contribution in [1.82, 2.24) is 5.32 Å². The quantitative estimate of drug-likeness (QED) is 0.674. The molecule has 0 saturated carbocycles. The summed E-state index contributed by atoms with van der Waals surface area (Å²) >= 11 is 0. The van der Waals surface area contributed by atoms with Crippen molar-refractivity contribution >= 4 is 5.91 Å². The Balaban J connectivity index is 1.90. The average Bonchev–Trinajstić information content (AvgIpc) is 2.53. The van der Waals surface area contributed by atoms with Gasteiger partial charge in [-0.1, -0.05) is 36.1 Å². The van der Waals surface area contributed by atoms with Crippen LogP contribution in [0.2, 0.25) is 0 Å². The van der Waals surface area contributed by atoms with Crippen molar-refractivity contribution in [3.05, 3.63) is 71.0 Å². The molecule has 2 nitrogen and oxygen atoms in total. The molecule has 0 heterocycles. The first-order chi connectivity index (χ1) is 11.4. The first-order valence-corrected chi connectivity index (χ1v) is 7.02. The van der Waals surface area contributed by atoms with Crippen LogP contribution in [0.15, 0.2) is 48.5 Å². The van der Waals surface area contributed by atoms with E-state index >= 15 is 0 Å². The number of amides is 1. The van der Waals surface area contributed by atoms with E-state index in [4.69, 9.17) is 0 Å². The number of rotatable bonds is 3. The Morgan fingerprint density at radius 2 is 1.83 bits per heavy atom. The summed E-state index contributed by atoms with van der Waals surface area (Å²) in [4.78, 5) is 11.7. The molecular weight excluding hydrogens is 322 g/mol. The molecule has 0 bridgehead atoms. The Morgan fingerprint density at radius 3 is 2.54 bits per heavy atom. The van der Waals surface area contributed by atoms with E-state index in [2.05, 4.69) is 17.2 Å². The highest BCUT2D eigenvalue weighted by atomic mass is 19.4. The zero-order valence-electron chi connectivity index (χ0n) is 12.5. The number of nitrogens with one attached hydrogen (secondary N) is 1. The fraction of sp³-hybridized carbons (Fsp3) is 0.167. The lowest BCUT2D eigenvalue weighted by atomic mass is 10.1. The number of benzene rings is 2. The van der Waals surface area contributed by atoms with Gasteiger partial charge in [-0.25, -0.2) is 4.39 Å². The van der Waals surface area contributed by atoms with Gasteiger partial charge in [0.2, 0.25) is 5.91 Å². The zero-order valence-corrected chi connectivity index (χ0v) is 12.5. The van der Waals surface area contributed by atoms with E-state index in [1.165, 1.54) is 30.3 Å². The van der Waals surface area contributed by atoms with Gasteiger partial charge in [-0.15, -0.1) is 0 Å². The molecule has 2 aromatic rings. The van der Waals surface area contributed by atoms with E-state index in [-0.39, 0.29) is 24.1 Å². The van der Waals surface area contributed by atoms with Gasteiger partial charge < -0.3 is 5.32 Å². The average molecular weight is 335 g/mol. The minimum Gasteiger partial charge on any atom is -0.345 e. The van der Waals surface area contributed by atoms with Gasteiger partial charge in [0.25, 0.3) is 0 Å². The standard InChI is InChI=1S/C18H13F4NO/c19-16-9-2-1-7-14(16)12-17(24)23-10-4-6-13-5-3-8-15(11-13)18(20,21)22/h1-3,5,7-9,11H,10,12H2,(H,23,24). The zero-order chi connectivity index (χ0) is 17.6. The predicted molar refractivity (Wildman–Crippen MR) is 81.4 cm³/mol. The number of carbonyl (C=O) groups is 1. The number of hydrogen-bond acceptors (Lipinski definition) is 1. The van der Waals surface area contributed by atoms with Crippen LogP contribution in [-0.4, -0.2) is 12.5 Å². The second-order valence-corrected chi connectivity index (χ2v) is 4.93. The third kappa shape index (κ3) is 5.13. The summed E-state index contributed by atoms with van der Waals surface area (Å²) in [6.45, 7) is -0.0382. The van der Waals surface area contributed by atoms with Crippen LogP contribution in [0, 0.1) is 17.7 Å². The predicted octanol–water partition coefficient (Wildman–Crippen LogP) is 3.55. The SMILES string of the molecule is O=C(Cc1ccccc1F)NCC#Cc1cccc(C(F)(F)F)c1. The normalized spacial score (nSPS) is 10.7. The lowest BCUT2D eigenvalue weighted by molar-refractivity contribution is -0.137. The van der Waals surface area contributed by atoms with Crippen LogP contribution in [0.1, 0.15) is 16.7 Å². The number of alkyl halides is 3. The van der Waals surface area contributed by atoms with Gasteiger partial charge in [-0.2, -0.15) is 13.2 Å². The molecule has 0 unspecified atom stereocenters. The molecule has 0 spiro atoms. The van der Waals surface area contributed by atoms with Gasteiger partial charge in [-0.05, 0) is 29.8 Å². The van der Waals surface area contributed by atoms with Gasteiger partial charge in [0.15, 0.2) is 0 Å². The highest BCUT2D eigenvalue weighted by molar-refractivity contribution is 5.78. The van der Waals surface area contributed by atoms with E-state index in [1.54, 1.807) is 6.07 Å². The maximum absolute atomic E-state index is 13.4. The summed E-state index contributed by atoms with van der Waals surface area (Å²) in [5.41, 5.74) is -0.313. The first kappa shape index (κ1) is 17.5. The van der Waals surface area contributed by atoms with E-state index in [1.807, 2.05) is 0 Å². The molecule has 6 heteroatoms. The van der Waals surface area contributed by atoms with Gasteiger partial charge in [-0.3, -0.25) is 4.79 Å². The van der Waals surface area contributed by atoms with Crippen molar-refractivity contribution in [3.8, 4) is 11.8 Å². The summed E-state index contributed by atoms with van der Waals surface area (Å²) in [6, 6.07) is 10.5. The third-order valence-corrected chi connectivity index (χ3v) is 3.11. The van der Waals surface area contributed by atoms with Crippen LogP contribution < -0.4 is 5.32 Å². The molecule has 0 fully saturated rings. The minimum atomic E-state index is -4.42. The van der Waals surface area contributed by atoms with Crippen LogP contribution >= 0.6 is 0 Å². The summed E-state index contributed by atoms with van der Waals surface area (Å²) in [7, 11) is 0. The van der Waals surface area contributed by atoms with Crippen molar-refractivity contribution < 1.29 is 22.4 Å². The van der Waals surface area contributed by atoms with Crippen LogP contribution in [0.4, 0.5) is 17.6 Å². The summed E-state index contributed by atoms with van der Waals surface area (Å²) in [5.74, 6) is 4.23. The molecule has 0 atom stereocenters. The van der Waals surface area contributed by atoms with Gasteiger partial charge in [0.1, 0.15) is 5.82 Å². The molecule has 0 aromatic heterocycles. The topological polar surface area (TPSA) is 29.1 Å². The first-order valence-electron chi connectivity index (χ1n) is 7.02. The number of hydrogen-bond donors (Lipinski definition) is 1. The monoisotopic (exact) mass is 335 g/mol. The summed E-state index contributed by atoms with van der Waals surface area (Å²) in [5, 5.41) is 2.47. The molecule has 0 aliphatic carbocycles. The van der Waals surface area contributed by atoms with Gasteiger partial charge in [0.05, 0.1) is 18.5 Å². The Kier molecular flexibility index (Phi) is 5.59. The fourth-order valence-electron chi connectivity index (χ4n) is 1.94. The van der Waals surface area contributed by atoms with Crippen molar-refractivity contribution in [3.63, 3.8) is 0 Å². The van der Waals surface area contributed by atoms with E-state index < -0.39 is 23.5 Å². The Bertz CT molecular complexity index is 787. The van der Waals surface area contributed by atoms with Crippen molar-refractivity contribution in [2.75, 3.05) is 6.54 Å². The van der Waals surface area contributed by atoms with E-state index in [0.717, 1.165) is 12.1 Å². The second kappa shape index (κ2) is 7.64. The van der Waals surface area contributed by atoms with Crippen LogP contribution in [0.3, 0.4) is 0 Å². The van der Waals surface area contributed by atoms with E-state index in [9.17, 15) is 22.4 Å². The highest BCUT2D eigenvalue weighted by Gasteiger charge is 2.30. The molecule has 2 aromatic carbocycles. The molecule has 124 valence electrons. The molecule has 1 amide bonds. The molecule has 0 radical (unpaired) electrons. The second-order valence-electron chi connectivity index (χ2n) is 4.93. The Morgan fingerprint density at radius 1 is 1.08 bits per heavy atom. The highest BCUT2D eigenvalue weighted by Crippen LogP contribution is 2.29. The van der Waals surface area contributed by atoms with Crippen LogP contribution in [-0.2, 0) is 17.4 Å². The van der Waals surface area contributed by atoms with E-state index in [0.29, 0.717) is 0 Å². The molecule has 24 heavy (non-hydrogen) atoms. The van der Waals surface area contributed by atoms with Crippen molar-refractivity contribution in [2.45, 2.75) is 12.6 Å². The lowest BCUT2D eigenvalue weighted by Gasteiger charge is -2.05. The fourth-order valence-corrected chi connectivity index (χ4v) is 1.94. The molecular formula is C18H13F4NO. The largest absolute Gasteiger partial charge is 0.416 e. The molecule has 2 rings (SSSR count).